The zero-order valence-corrected chi connectivity index (χ0v) is 21.8. The largest absolute Gasteiger partial charge is 0.507 e. The highest BCUT2D eigenvalue weighted by Gasteiger charge is 2.40. The summed E-state index contributed by atoms with van der Waals surface area (Å²) < 4.78 is 7.93. The summed E-state index contributed by atoms with van der Waals surface area (Å²) in [7, 11) is 1.64. The quantitative estimate of drug-likeness (QED) is 0.525. The molecule has 1 aliphatic carbocycles. The summed E-state index contributed by atoms with van der Waals surface area (Å²) in [6.07, 6.45) is 7.99. The molecular formula is C28H43NO5. The Bertz CT molecular complexity index is 968. The minimum Gasteiger partial charge on any atom is -0.507 e. The molecule has 2 aliphatic rings. The van der Waals surface area contributed by atoms with Crippen molar-refractivity contribution in [2.75, 3.05) is 0 Å². The van der Waals surface area contributed by atoms with Crippen LogP contribution in [0, 0.1) is 17.8 Å². The van der Waals surface area contributed by atoms with Crippen LogP contribution in [0.25, 0.3) is 0 Å². The number of aliphatic hydroxyl groups is 1. The van der Waals surface area contributed by atoms with Gasteiger partial charge in [0.15, 0.2) is 0 Å². The predicted octanol–water partition coefficient (Wildman–Crippen LogP) is 5.30. The summed E-state index contributed by atoms with van der Waals surface area (Å²) in [5, 5.41) is 22.5. The number of aromatic nitrogens is 1. The van der Waals surface area contributed by atoms with Crippen molar-refractivity contribution < 1.29 is 19.7 Å². The van der Waals surface area contributed by atoms with E-state index in [1.165, 1.54) is 16.3 Å². The first-order chi connectivity index (χ1) is 16.0. The molecule has 1 aromatic rings. The first-order valence-electron chi connectivity index (χ1n) is 13.0. The van der Waals surface area contributed by atoms with E-state index in [0.717, 1.165) is 19.3 Å². The van der Waals surface area contributed by atoms with Crippen molar-refractivity contribution in [1.29, 1.82) is 0 Å². The van der Waals surface area contributed by atoms with Crippen LogP contribution in [0.4, 0.5) is 0 Å². The Kier molecular flexibility index (Phi) is 8.46. The van der Waals surface area contributed by atoms with Crippen molar-refractivity contribution in [3.8, 4) is 5.75 Å². The number of aromatic hydroxyl groups is 1. The number of ether oxygens (including phenoxy) is 1. The van der Waals surface area contributed by atoms with E-state index in [0.29, 0.717) is 29.7 Å². The number of aryl methyl sites for hydroxylation is 1. The van der Waals surface area contributed by atoms with E-state index in [2.05, 4.69) is 40.7 Å². The molecule has 1 aliphatic heterocycles. The van der Waals surface area contributed by atoms with Crippen molar-refractivity contribution in [2.24, 2.45) is 24.8 Å². The molecule has 0 amide bonds. The summed E-state index contributed by atoms with van der Waals surface area (Å²) >= 11 is 0. The fraction of sp³-hybridized carbons (Fsp3) is 0.714. The van der Waals surface area contributed by atoms with E-state index in [1.54, 1.807) is 7.05 Å². The van der Waals surface area contributed by atoms with Crippen LogP contribution in [0.15, 0.2) is 22.6 Å². The lowest BCUT2D eigenvalue weighted by molar-refractivity contribution is -0.125. The molecule has 6 heteroatoms. The van der Waals surface area contributed by atoms with Crippen LogP contribution in [-0.2, 0) is 22.2 Å². The second kappa shape index (κ2) is 10.8. The number of allylic oxidation sites excluding steroid dienone is 1. The third-order valence-corrected chi connectivity index (χ3v) is 8.02. The normalized spacial score (nSPS) is 27.4. The molecule has 2 N–H and O–H groups in total. The zero-order chi connectivity index (χ0) is 25.2. The first kappa shape index (κ1) is 26.7. The number of ketones is 1. The van der Waals surface area contributed by atoms with E-state index < -0.39 is 11.7 Å². The Morgan fingerprint density at radius 1 is 1.26 bits per heavy atom. The van der Waals surface area contributed by atoms with E-state index in [-0.39, 0.29) is 54.4 Å². The van der Waals surface area contributed by atoms with Crippen LogP contribution in [0.3, 0.4) is 0 Å². The molecule has 1 saturated carbocycles. The van der Waals surface area contributed by atoms with Crippen molar-refractivity contribution in [3.05, 3.63) is 39.3 Å². The van der Waals surface area contributed by atoms with Gasteiger partial charge in [0.05, 0.1) is 23.4 Å². The van der Waals surface area contributed by atoms with E-state index in [1.807, 2.05) is 0 Å². The van der Waals surface area contributed by atoms with Gasteiger partial charge in [0.25, 0.3) is 5.56 Å². The average molecular weight is 474 g/mol. The smallest absolute Gasteiger partial charge is 0.259 e. The highest BCUT2D eigenvalue weighted by atomic mass is 16.5. The number of hydrogen-bond acceptors (Lipinski definition) is 5. The molecule has 6 nitrogen and oxygen atoms in total. The van der Waals surface area contributed by atoms with Gasteiger partial charge in [-0.05, 0) is 62.4 Å². The lowest BCUT2D eigenvalue weighted by Crippen LogP contribution is -2.37. The molecule has 5 atom stereocenters. The van der Waals surface area contributed by atoms with E-state index in [4.69, 9.17) is 4.74 Å². The summed E-state index contributed by atoms with van der Waals surface area (Å²) in [5.74, 6) is 1.36. The third kappa shape index (κ3) is 5.65. The molecule has 0 bridgehead atoms. The van der Waals surface area contributed by atoms with Gasteiger partial charge >= 0.3 is 0 Å². The molecule has 0 radical (unpaired) electrons. The molecule has 0 unspecified atom stereocenters. The van der Waals surface area contributed by atoms with Crippen molar-refractivity contribution in [3.63, 3.8) is 0 Å². The molecule has 1 aromatic heterocycles. The molecular weight excluding hydrogens is 430 g/mol. The molecule has 2 fully saturated rings. The number of rotatable bonds is 7. The number of carbonyl (C=O) groups is 1. The fourth-order valence-electron chi connectivity index (χ4n) is 5.72. The molecule has 2 heterocycles. The second-order valence-electron chi connectivity index (χ2n) is 11.0. The SMILES string of the molecule is CC[C@H](C)C[C@@H](C)/C=C(\C)[C@@H]1O[C@H](c2c(O)c(C3(O)CCC(=O)CC3)cn(C)c2=O)CC[C@H]1C. The predicted molar refractivity (Wildman–Crippen MR) is 134 cm³/mol. The van der Waals surface area contributed by atoms with Gasteiger partial charge in [0, 0.05) is 31.6 Å². The summed E-state index contributed by atoms with van der Waals surface area (Å²) in [4.78, 5) is 24.9. The number of pyridine rings is 1. The van der Waals surface area contributed by atoms with Crippen molar-refractivity contribution >= 4 is 5.78 Å². The van der Waals surface area contributed by atoms with Crippen LogP contribution >= 0.6 is 0 Å². The zero-order valence-electron chi connectivity index (χ0n) is 21.8. The van der Waals surface area contributed by atoms with Gasteiger partial charge in [-0.1, -0.05) is 40.2 Å². The minimum absolute atomic E-state index is 0.117. The van der Waals surface area contributed by atoms with E-state index in [9.17, 15) is 19.8 Å². The first-order valence-corrected chi connectivity index (χ1v) is 13.0. The van der Waals surface area contributed by atoms with E-state index >= 15 is 0 Å². The standard InChI is InChI=1S/C28H43NO5/c1-7-17(2)14-18(3)15-20(5)26-19(4)8-9-23(34-26)24-25(31)22(16-29(6)27(24)32)28(33)12-10-21(30)11-13-28/h15-19,23,26,31,33H,7-14H2,1-6H3/b20-15+/t17-,18+,19+,23-,26+/m0/s1. The maximum absolute atomic E-state index is 13.1. The molecule has 3 rings (SSSR count). The lowest BCUT2D eigenvalue weighted by atomic mass is 9.78. The van der Waals surface area contributed by atoms with Gasteiger partial charge in [-0.15, -0.1) is 0 Å². The number of hydrogen-bond donors (Lipinski definition) is 2. The molecule has 1 saturated heterocycles. The van der Waals surface area contributed by atoms with Gasteiger partial charge < -0.3 is 19.5 Å². The fourth-order valence-corrected chi connectivity index (χ4v) is 5.72. The maximum atomic E-state index is 13.1. The summed E-state index contributed by atoms with van der Waals surface area (Å²) in [6.45, 7) is 11.0. The van der Waals surface area contributed by atoms with Gasteiger partial charge in [0.2, 0.25) is 0 Å². The molecule has 0 spiro atoms. The Balaban J connectivity index is 1.91. The van der Waals surface area contributed by atoms with Crippen molar-refractivity contribution in [1.82, 2.24) is 4.57 Å². The van der Waals surface area contributed by atoms with Crippen LogP contribution < -0.4 is 5.56 Å². The topological polar surface area (TPSA) is 88.8 Å². The maximum Gasteiger partial charge on any atom is 0.259 e. The molecule has 0 aromatic carbocycles. The van der Waals surface area contributed by atoms with Crippen molar-refractivity contribution in [2.45, 2.75) is 104 Å². The summed E-state index contributed by atoms with van der Waals surface area (Å²) in [6, 6.07) is 0. The highest BCUT2D eigenvalue weighted by Crippen LogP contribution is 2.44. The number of carbonyl (C=O) groups excluding carboxylic acids is 1. The van der Waals surface area contributed by atoms with Gasteiger partial charge in [-0.25, -0.2) is 0 Å². The number of Topliss-reactive ketones (excluding diaryl/α,β-unsaturated/α-hetero) is 1. The number of nitrogens with zero attached hydrogens (tertiary/aromatic N) is 1. The second-order valence-corrected chi connectivity index (χ2v) is 11.0. The average Bonchev–Trinajstić information content (AvgIpc) is 2.79. The Morgan fingerprint density at radius 2 is 1.91 bits per heavy atom. The Hall–Kier alpha value is -1.92. The van der Waals surface area contributed by atoms with Crippen LogP contribution in [-0.4, -0.2) is 26.7 Å². The van der Waals surface area contributed by atoms with Gasteiger partial charge in [0.1, 0.15) is 11.5 Å². The molecule has 34 heavy (non-hydrogen) atoms. The van der Waals surface area contributed by atoms with Gasteiger partial charge in [-0.2, -0.15) is 0 Å². The minimum atomic E-state index is -1.32. The lowest BCUT2D eigenvalue weighted by Gasteiger charge is -2.37. The Labute approximate surface area is 204 Å². The monoisotopic (exact) mass is 473 g/mol. The highest BCUT2D eigenvalue weighted by molar-refractivity contribution is 5.79. The van der Waals surface area contributed by atoms with Crippen LogP contribution in [0.5, 0.6) is 5.75 Å². The summed E-state index contributed by atoms with van der Waals surface area (Å²) in [5.41, 5.74) is 0.0977. The van der Waals surface area contributed by atoms with Gasteiger partial charge in [-0.3, -0.25) is 9.59 Å². The molecule has 190 valence electrons. The van der Waals surface area contributed by atoms with Crippen LogP contribution in [0.2, 0.25) is 0 Å². The third-order valence-electron chi connectivity index (χ3n) is 8.02. The Morgan fingerprint density at radius 3 is 2.53 bits per heavy atom. The van der Waals surface area contributed by atoms with Crippen LogP contribution in [0.1, 0.15) is 103 Å².